The van der Waals surface area contributed by atoms with Gasteiger partial charge in [-0.3, -0.25) is 9.98 Å². The normalized spacial score (nSPS) is 11.4. The molecule has 0 unspecified atom stereocenters. The molecule has 6 nitrogen and oxygen atoms in total. The van der Waals surface area contributed by atoms with E-state index in [1.165, 1.54) is 10.9 Å². The monoisotopic (exact) mass is 406 g/mol. The van der Waals surface area contributed by atoms with Crippen LogP contribution in [0.25, 0.3) is 10.8 Å². The molecule has 0 bridgehead atoms. The quantitative estimate of drug-likeness (QED) is 0.416. The number of ether oxygens (including phenoxy) is 2. The number of guanidine groups is 1. The minimum atomic E-state index is 0.610. The molecule has 2 N–H and O–H groups in total. The van der Waals surface area contributed by atoms with Crippen molar-refractivity contribution in [2.24, 2.45) is 4.99 Å². The Balaban J connectivity index is 1.55. The van der Waals surface area contributed by atoms with Gasteiger partial charge < -0.3 is 20.1 Å². The molecule has 3 rings (SSSR count). The lowest BCUT2D eigenvalue weighted by Gasteiger charge is -2.14. The first-order chi connectivity index (χ1) is 14.7. The number of fused-ring (bicyclic) bond motifs is 1. The number of pyridine rings is 1. The highest BCUT2D eigenvalue weighted by Gasteiger charge is 2.07. The lowest BCUT2D eigenvalue weighted by Crippen LogP contribution is -2.38. The molecule has 0 aliphatic carbocycles. The summed E-state index contributed by atoms with van der Waals surface area (Å²) in [6, 6.07) is 16.4. The first-order valence-corrected chi connectivity index (χ1v) is 10.4. The van der Waals surface area contributed by atoms with Gasteiger partial charge in [-0.25, -0.2) is 0 Å². The number of nitrogens with zero attached hydrogens (tertiary/aromatic N) is 2. The van der Waals surface area contributed by atoms with E-state index in [1.54, 1.807) is 7.05 Å². The second-order valence-corrected chi connectivity index (χ2v) is 6.73. The van der Waals surface area contributed by atoms with Gasteiger partial charge in [0.15, 0.2) is 17.5 Å². The predicted molar refractivity (Wildman–Crippen MR) is 122 cm³/mol. The molecule has 3 aromatic rings. The van der Waals surface area contributed by atoms with Crippen molar-refractivity contribution in [1.29, 1.82) is 0 Å². The lowest BCUT2D eigenvalue weighted by atomic mass is 10.1. The van der Waals surface area contributed by atoms with Crippen LogP contribution in [0, 0.1) is 0 Å². The van der Waals surface area contributed by atoms with E-state index in [0.29, 0.717) is 19.8 Å². The zero-order chi connectivity index (χ0) is 21.2. The first-order valence-electron chi connectivity index (χ1n) is 10.4. The summed E-state index contributed by atoms with van der Waals surface area (Å²) in [5, 5.41) is 9.06. The third-order valence-electron chi connectivity index (χ3n) is 4.72. The number of hydrogen-bond acceptors (Lipinski definition) is 4. The minimum absolute atomic E-state index is 0.610. The number of rotatable bonds is 9. The molecule has 30 heavy (non-hydrogen) atoms. The topological polar surface area (TPSA) is 67.8 Å². The number of aromatic nitrogens is 1. The maximum atomic E-state index is 5.71. The molecule has 2 aromatic carbocycles. The van der Waals surface area contributed by atoms with Crippen LogP contribution >= 0.6 is 0 Å². The van der Waals surface area contributed by atoms with Crippen LogP contribution in [-0.2, 0) is 13.0 Å². The smallest absolute Gasteiger partial charge is 0.191 e. The highest BCUT2D eigenvalue weighted by Crippen LogP contribution is 2.28. The van der Waals surface area contributed by atoms with Crippen LogP contribution in [0.15, 0.2) is 59.7 Å². The second kappa shape index (κ2) is 11.0. The van der Waals surface area contributed by atoms with Gasteiger partial charge in [0.05, 0.1) is 25.5 Å². The minimum Gasteiger partial charge on any atom is -0.490 e. The number of aliphatic imine (C=N–C) groups is 1. The van der Waals surface area contributed by atoms with E-state index in [1.807, 2.05) is 50.4 Å². The van der Waals surface area contributed by atoms with Crippen LogP contribution in [0.2, 0.25) is 0 Å². The Bertz CT molecular complexity index is 983. The van der Waals surface area contributed by atoms with Crippen LogP contribution in [0.4, 0.5) is 0 Å². The van der Waals surface area contributed by atoms with Crippen molar-refractivity contribution in [3.05, 3.63) is 66.0 Å². The van der Waals surface area contributed by atoms with Crippen LogP contribution in [0.1, 0.15) is 25.1 Å². The molecule has 0 amide bonds. The molecule has 158 valence electrons. The zero-order valence-corrected chi connectivity index (χ0v) is 17.9. The Kier molecular flexibility index (Phi) is 7.89. The molecular weight excluding hydrogens is 376 g/mol. The van der Waals surface area contributed by atoms with Crippen molar-refractivity contribution in [2.45, 2.75) is 26.8 Å². The Morgan fingerprint density at radius 1 is 0.967 bits per heavy atom. The van der Waals surface area contributed by atoms with E-state index in [4.69, 9.17) is 9.47 Å². The molecular formula is C24H30N4O2. The van der Waals surface area contributed by atoms with E-state index >= 15 is 0 Å². The Morgan fingerprint density at radius 3 is 2.57 bits per heavy atom. The molecule has 6 heteroatoms. The molecule has 0 aliphatic rings. The number of nitrogens with one attached hydrogen (secondary N) is 2. The third-order valence-corrected chi connectivity index (χ3v) is 4.72. The molecule has 0 saturated carbocycles. The molecule has 1 heterocycles. The van der Waals surface area contributed by atoms with Gasteiger partial charge in [0, 0.05) is 25.2 Å². The molecule has 0 saturated heterocycles. The fourth-order valence-electron chi connectivity index (χ4n) is 3.29. The van der Waals surface area contributed by atoms with Crippen molar-refractivity contribution in [1.82, 2.24) is 15.6 Å². The van der Waals surface area contributed by atoms with Crippen molar-refractivity contribution in [3.63, 3.8) is 0 Å². The van der Waals surface area contributed by atoms with E-state index in [9.17, 15) is 0 Å². The predicted octanol–water partition coefficient (Wildman–Crippen LogP) is 3.94. The summed E-state index contributed by atoms with van der Waals surface area (Å²) in [4.78, 5) is 8.84. The standard InChI is InChI=1S/C24H30N4O2/c1-4-29-22-11-10-18(16-23(22)30-5-2)12-14-27-24(25-3)28-17-21-20-9-7-6-8-19(20)13-15-26-21/h6-11,13,15-16H,4-5,12,14,17H2,1-3H3,(H2,25,27,28). The summed E-state index contributed by atoms with van der Waals surface area (Å²) >= 11 is 0. The molecule has 0 aliphatic heterocycles. The molecule has 0 fully saturated rings. The second-order valence-electron chi connectivity index (χ2n) is 6.73. The van der Waals surface area contributed by atoms with Gasteiger partial charge >= 0.3 is 0 Å². The molecule has 0 spiro atoms. The van der Waals surface area contributed by atoms with Gasteiger partial charge in [-0.1, -0.05) is 30.3 Å². The lowest BCUT2D eigenvalue weighted by molar-refractivity contribution is 0.287. The fraction of sp³-hybridized carbons (Fsp3) is 0.333. The van der Waals surface area contributed by atoms with Crippen LogP contribution in [-0.4, -0.2) is 37.7 Å². The van der Waals surface area contributed by atoms with Crippen molar-refractivity contribution >= 4 is 16.7 Å². The summed E-state index contributed by atoms with van der Waals surface area (Å²) in [6.45, 7) is 6.54. The average Bonchev–Trinajstić information content (AvgIpc) is 2.78. The van der Waals surface area contributed by atoms with E-state index < -0.39 is 0 Å². The van der Waals surface area contributed by atoms with E-state index in [0.717, 1.165) is 41.5 Å². The van der Waals surface area contributed by atoms with Gasteiger partial charge in [0.25, 0.3) is 0 Å². The van der Waals surface area contributed by atoms with Gasteiger partial charge in [0.2, 0.25) is 0 Å². The fourth-order valence-corrected chi connectivity index (χ4v) is 3.29. The summed E-state index contributed by atoms with van der Waals surface area (Å²) in [7, 11) is 1.77. The van der Waals surface area contributed by atoms with E-state index in [-0.39, 0.29) is 0 Å². The summed E-state index contributed by atoms with van der Waals surface area (Å²) in [5.74, 6) is 2.33. The summed E-state index contributed by atoms with van der Waals surface area (Å²) < 4.78 is 11.3. The Hall–Kier alpha value is -3.28. The van der Waals surface area contributed by atoms with E-state index in [2.05, 4.69) is 38.8 Å². The molecule has 0 radical (unpaired) electrons. The highest BCUT2D eigenvalue weighted by molar-refractivity contribution is 5.85. The van der Waals surface area contributed by atoms with Crippen LogP contribution in [0.5, 0.6) is 11.5 Å². The maximum absolute atomic E-state index is 5.71. The number of benzene rings is 2. The van der Waals surface area contributed by atoms with Gasteiger partial charge in [-0.15, -0.1) is 0 Å². The Labute approximate surface area is 178 Å². The SMILES string of the molecule is CCOc1ccc(CCNC(=NC)NCc2nccc3ccccc23)cc1OCC. The van der Waals surface area contributed by atoms with Gasteiger partial charge in [-0.05, 0) is 49.4 Å². The molecule has 1 aromatic heterocycles. The summed E-state index contributed by atoms with van der Waals surface area (Å²) in [5.41, 5.74) is 2.18. The van der Waals surface area contributed by atoms with Crippen molar-refractivity contribution in [3.8, 4) is 11.5 Å². The maximum Gasteiger partial charge on any atom is 0.191 e. The van der Waals surface area contributed by atoms with Crippen LogP contribution < -0.4 is 20.1 Å². The van der Waals surface area contributed by atoms with Gasteiger partial charge in [-0.2, -0.15) is 0 Å². The largest absolute Gasteiger partial charge is 0.490 e. The highest BCUT2D eigenvalue weighted by atomic mass is 16.5. The zero-order valence-electron chi connectivity index (χ0n) is 17.9. The van der Waals surface area contributed by atoms with Crippen LogP contribution in [0.3, 0.4) is 0 Å². The van der Waals surface area contributed by atoms with Crippen molar-refractivity contribution in [2.75, 3.05) is 26.8 Å². The Morgan fingerprint density at radius 2 is 1.77 bits per heavy atom. The van der Waals surface area contributed by atoms with Crippen molar-refractivity contribution < 1.29 is 9.47 Å². The number of hydrogen-bond donors (Lipinski definition) is 2. The molecule has 0 atom stereocenters. The summed E-state index contributed by atoms with van der Waals surface area (Å²) in [6.07, 6.45) is 2.69. The first kappa shape index (κ1) is 21.4. The van der Waals surface area contributed by atoms with Gasteiger partial charge in [0.1, 0.15) is 0 Å². The average molecular weight is 407 g/mol. The third kappa shape index (κ3) is 5.63.